The van der Waals surface area contributed by atoms with Gasteiger partial charge in [0.1, 0.15) is 0 Å². The third-order valence-electron chi connectivity index (χ3n) is 4.13. The average molecular weight is 236 g/mol. The van der Waals surface area contributed by atoms with Gasteiger partial charge in [-0.15, -0.1) is 0 Å². The standard InChI is InChI=1S/C13H24N4/c1-4-13(5-2)11-14-6-7-17(13)10-12-8-15-16(3)9-12/h8-9,14H,4-7,10-11H2,1-3H3. The lowest BCUT2D eigenvalue weighted by Crippen LogP contribution is -2.60. The van der Waals surface area contributed by atoms with Crippen LogP contribution in [0.5, 0.6) is 0 Å². The summed E-state index contributed by atoms with van der Waals surface area (Å²) in [5.74, 6) is 0. The Bertz CT molecular complexity index is 354. The molecule has 2 rings (SSSR count). The Morgan fingerprint density at radius 1 is 1.41 bits per heavy atom. The maximum atomic E-state index is 4.26. The second-order valence-corrected chi connectivity index (χ2v) is 5.05. The largest absolute Gasteiger partial charge is 0.314 e. The third kappa shape index (κ3) is 2.53. The van der Waals surface area contributed by atoms with Gasteiger partial charge in [0.25, 0.3) is 0 Å². The van der Waals surface area contributed by atoms with Gasteiger partial charge < -0.3 is 5.32 Å². The van der Waals surface area contributed by atoms with Crippen LogP contribution >= 0.6 is 0 Å². The van der Waals surface area contributed by atoms with Gasteiger partial charge in [-0.25, -0.2) is 0 Å². The van der Waals surface area contributed by atoms with Gasteiger partial charge in [-0.1, -0.05) is 13.8 Å². The molecular formula is C13H24N4. The number of piperazine rings is 1. The van der Waals surface area contributed by atoms with E-state index >= 15 is 0 Å². The molecule has 1 N–H and O–H groups in total. The van der Waals surface area contributed by atoms with Crippen molar-refractivity contribution in [3.63, 3.8) is 0 Å². The van der Waals surface area contributed by atoms with Crippen LogP contribution < -0.4 is 5.32 Å². The van der Waals surface area contributed by atoms with Gasteiger partial charge in [0.05, 0.1) is 6.20 Å². The average Bonchev–Trinajstić information content (AvgIpc) is 2.76. The predicted molar refractivity (Wildman–Crippen MR) is 69.8 cm³/mol. The molecule has 0 amide bonds. The van der Waals surface area contributed by atoms with Gasteiger partial charge in [-0.2, -0.15) is 5.10 Å². The van der Waals surface area contributed by atoms with E-state index in [1.807, 2.05) is 17.9 Å². The summed E-state index contributed by atoms with van der Waals surface area (Å²) in [6.07, 6.45) is 6.52. The van der Waals surface area contributed by atoms with E-state index in [1.165, 1.54) is 18.4 Å². The third-order valence-corrected chi connectivity index (χ3v) is 4.13. The van der Waals surface area contributed by atoms with Gasteiger partial charge in [0.15, 0.2) is 0 Å². The SMILES string of the molecule is CCC1(CC)CNCCN1Cc1cnn(C)c1. The van der Waals surface area contributed by atoms with Crippen molar-refractivity contribution in [1.29, 1.82) is 0 Å². The number of aromatic nitrogens is 2. The number of hydrogen-bond donors (Lipinski definition) is 1. The van der Waals surface area contributed by atoms with Gasteiger partial charge in [-0.3, -0.25) is 9.58 Å². The number of aryl methyl sites for hydroxylation is 1. The minimum Gasteiger partial charge on any atom is -0.314 e. The second-order valence-electron chi connectivity index (χ2n) is 5.05. The Balaban J connectivity index is 2.11. The molecule has 1 aliphatic rings. The molecule has 1 aromatic rings. The topological polar surface area (TPSA) is 33.1 Å². The van der Waals surface area contributed by atoms with Gasteiger partial charge in [-0.05, 0) is 12.8 Å². The lowest BCUT2D eigenvalue weighted by atomic mass is 9.88. The van der Waals surface area contributed by atoms with E-state index in [-0.39, 0.29) is 0 Å². The molecule has 1 aromatic heterocycles. The normalized spacial score (nSPS) is 20.6. The summed E-state index contributed by atoms with van der Waals surface area (Å²) in [6.45, 7) is 8.97. The molecule has 0 bridgehead atoms. The zero-order valence-corrected chi connectivity index (χ0v) is 11.2. The molecule has 4 heteroatoms. The molecular weight excluding hydrogens is 212 g/mol. The monoisotopic (exact) mass is 236 g/mol. The van der Waals surface area contributed by atoms with Crippen molar-refractivity contribution in [1.82, 2.24) is 20.0 Å². The Morgan fingerprint density at radius 2 is 2.18 bits per heavy atom. The highest BCUT2D eigenvalue weighted by molar-refractivity contribution is 5.06. The lowest BCUT2D eigenvalue weighted by molar-refractivity contribution is 0.0447. The number of nitrogens with one attached hydrogen (secondary N) is 1. The molecule has 0 radical (unpaired) electrons. The van der Waals surface area contributed by atoms with E-state index < -0.39 is 0 Å². The molecule has 0 aromatic carbocycles. The summed E-state index contributed by atoms with van der Waals surface area (Å²) in [7, 11) is 1.98. The van der Waals surface area contributed by atoms with E-state index in [4.69, 9.17) is 0 Å². The van der Waals surface area contributed by atoms with Crippen LogP contribution in [0.4, 0.5) is 0 Å². The van der Waals surface area contributed by atoms with E-state index in [0.717, 1.165) is 26.2 Å². The highest BCUT2D eigenvalue weighted by Crippen LogP contribution is 2.27. The van der Waals surface area contributed by atoms with Crippen LogP contribution in [0.25, 0.3) is 0 Å². The molecule has 1 aliphatic heterocycles. The Labute approximate surface area is 104 Å². The van der Waals surface area contributed by atoms with Crippen molar-refractivity contribution in [2.45, 2.75) is 38.8 Å². The molecule has 17 heavy (non-hydrogen) atoms. The number of rotatable bonds is 4. The van der Waals surface area contributed by atoms with Crippen LogP contribution in [0.15, 0.2) is 12.4 Å². The molecule has 1 fully saturated rings. The molecule has 0 aliphatic carbocycles. The van der Waals surface area contributed by atoms with Crippen LogP contribution in [0.2, 0.25) is 0 Å². The highest BCUT2D eigenvalue weighted by Gasteiger charge is 2.35. The molecule has 0 unspecified atom stereocenters. The maximum absolute atomic E-state index is 4.26. The van der Waals surface area contributed by atoms with Crippen molar-refractivity contribution in [3.8, 4) is 0 Å². The van der Waals surface area contributed by atoms with Crippen LogP contribution in [-0.2, 0) is 13.6 Å². The fourth-order valence-electron chi connectivity index (χ4n) is 2.85. The fourth-order valence-corrected chi connectivity index (χ4v) is 2.85. The summed E-state index contributed by atoms with van der Waals surface area (Å²) < 4.78 is 1.89. The highest BCUT2D eigenvalue weighted by atomic mass is 15.3. The van der Waals surface area contributed by atoms with Gasteiger partial charge in [0.2, 0.25) is 0 Å². The lowest BCUT2D eigenvalue weighted by Gasteiger charge is -2.47. The van der Waals surface area contributed by atoms with Gasteiger partial charge in [0, 0.05) is 50.5 Å². The van der Waals surface area contributed by atoms with Crippen LogP contribution in [0.1, 0.15) is 32.3 Å². The Kier molecular flexibility index (Phi) is 3.84. The van der Waals surface area contributed by atoms with E-state index in [0.29, 0.717) is 5.54 Å². The van der Waals surface area contributed by atoms with E-state index in [2.05, 4.69) is 35.4 Å². The molecule has 1 saturated heterocycles. The first-order valence-corrected chi connectivity index (χ1v) is 6.63. The minimum absolute atomic E-state index is 0.327. The zero-order chi connectivity index (χ0) is 12.3. The summed E-state index contributed by atoms with van der Waals surface area (Å²) in [6, 6.07) is 0. The minimum atomic E-state index is 0.327. The molecule has 0 saturated carbocycles. The second kappa shape index (κ2) is 5.19. The van der Waals surface area contributed by atoms with E-state index in [1.54, 1.807) is 0 Å². The van der Waals surface area contributed by atoms with Crippen LogP contribution in [0.3, 0.4) is 0 Å². The van der Waals surface area contributed by atoms with E-state index in [9.17, 15) is 0 Å². The van der Waals surface area contributed by atoms with Crippen molar-refractivity contribution in [2.24, 2.45) is 7.05 Å². The summed E-state index contributed by atoms with van der Waals surface area (Å²) in [5.41, 5.74) is 1.65. The van der Waals surface area contributed by atoms with Crippen LogP contribution in [-0.4, -0.2) is 39.9 Å². The van der Waals surface area contributed by atoms with Crippen molar-refractivity contribution in [2.75, 3.05) is 19.6 Å². The summed E-state index contributed by atoms with van der Waals surface area (Å²) >= 11 is 0. The van der Waals surface area contributed by atoms with Crippen molar-refractivity contribution >= 4 is 0 Å². The first kappa shape index (κ1) is 12.6. The first-order chi connectivity index (χ1) is 8.20. The van der Waals surface area contributed by atoms with Crippen molar-refractivity contribution in [3.05, 3.63) is 18.0 Å². The molecule has 0 atom stereocenters. The number of nitrogens with zero attached hydrogens (tertiary/aromatic N) is 3. The first-order valence-electron chi connectivity index (χ1n) is 6.63. The quantitative estimate of drug-likeness (QED) is 0.857. The predicted octanol–water partition coefficient (Wildman–Crippen LogP) is 1.38. The summed E-state index contributed by atoms with van der Waals surface area (Å²) in [4.78, 5) is 2.63. The van der Waals surface area contributed by atoms with Crippen molar-refractivity contribution < 1.29 is 0 Å². The molecule has 2 heterocycles. The zero-order valence-electron chi connectivity index (χ0n) is 11.2. The van der Waals surface area contributed by atoms with Gasteiger partial charge >= 0.3 is 0 Å². The fraction of sp³-hybridized carbons (Fsp3) is 0.769. The molecule has 0 spiro atoms. The number of hydrogen-bond acceptors (Lipinski definition) is 3. The Hall–Kier alpha value is -0.870. The molecule has 4 nitrogen and oxygen atoms in total. The summed E-state index contributed by atoms with van der Waals surface area (Å²) in [5, 5.41) is 7.79. The Morgan fingerprint density at radius 3 is 2.76 bits per heavy atom. The smallest absolute Gasteiger partial charge is 0.0534 e. The van der Waals surface area contributed by atoms with Crippen LogP contribution in [0, 0.1) is 0 Å². The maximum Gasteiger partial charge on any atom is 0.0534 e. The molecule has 96 valence electrons.